The maximum atomic E-state index is 3.76. The zero-order valence-electron chi connectivity index (χ0n) is 12.0. The Morgan fingerprint density at radius 2 is 1.76 bits per heavy atom. The van der Waals surface area contributed by atoms with Gasteiger partial charge in [-0.1, -0.05) is 47.5 Å². The van der Waals surface area contributed by atoms with Crippen LogP contribution in [0.4, 0.5) is 0 Å². The van der Waals surface area contributed by atoms with E-state index in [1.165, 1.54) is 18.6 Å². The molecule has 1 fully saturated rings. The van der Waals surface area contributed by atoms with Crippen LogP contribution in [0.1, 0.15) is 47.5 Å². The molecule has 1 saturated heterocycles. The second-order valence-electron chi connectivity index (χ2n) is 5.08. The number of thioether (sulfide) groups is 2. The zero-order valence-corrected chi connectivity index (χ0v) is 13.7. The van der Waals surface area contributed by atoms with Crippen LogP contribution >= 0.6 is 23.5 Å². The summed E-state index contributed by atoms with van der Waals surface area (Å²) in [4.78, 5) is 0. The summed E-state index contributed by atoms with van der Waals surface area (Å²) >= 11 is 4.38. The highest BCUT2D eigenvalue weighted by molar-refractivity contribution is 8.07. The van der Waals surface area contributed by atoms with Crippen molar-refractivity contribution in [1.29, 1.82) is 0 Å². The topological polar surface area (TPSA) is 12.0 Å². The minimum Gasteiger partial charge on any atom is -0.313 e. The fourth-order valence-electron chi connectivity index (χ4n) is 2.63. The summed E-state index contributed by atoms with van der Waals surface area (Å²) < 4.78 is 0. The molecule has 0 aromatic heterocycles. The number of rotatable bonds is 6. The average molecular weight is 276 g/mol. The maximum absolute atomic E-state index is 3.76. The van der Waals surface area contributed by atoms with Crippen LogP contribution < -0.4 is 5.32 Å². The Morgan fingerprint density at radius 3 is 2.24 bits per heavy atom. The summed E-state index contributed by atoms with van der Waals surface area (Å²) in [5.41, 5.74) is 0. The normalized spacial score (nSPS) is 31.8. The van der Waals surface area contributed by atoms with Gasteiger partial charge in [0.05, 0.1) is 0 Å². The first-order chi connectivity index (χ1) is 8.13. The van der Waals surface area contributed by atoms with Crippen LogP contribution in [-0.2, 0) is 0 Å². The largest absolute Gasteiger partial charge is 0.313 e. The number of hydrogen-bond acceptors (Lipinski definition) is 3. The van der Waals surface area contributed by atoms with Crippen LogP contribution in [0.5, 0.6) is 0 Å². The molecular formula is C14H29NS2. The summed E-state index contributed by atoms with van der Waals surface area (Å²) in [5, 5.41) is 6.18. The molecule has 0 radical (unpaired) electrons. The zero-order chi connectivity index (χ0) is 12.8. The molecule has 0 aliphatic carbocycles. The van der Waals surface area contributed by atoms with Crippen molar-refractivity contribution < 1.29 is 0 Å². The molecule has 0 amide bonds. The van der Waals surface area contributed by atoms with Gasteiger partial charge in [0.15, 0.2) is 0 Å². The van der Waals surface area contributed by atoms with Crippen LogP contribution in [0.2, 0.25) is 0 Å². The summed E-state index contributed by atoms with van der Waals surface area (Å²) in [5.74, 6) is 2.17. The molecule has 3 heteroatoms. The van der Waals surface area contributed by atoms with Gasteiger partial charge in [-0.15, -0.1) is 0 Å². The SMILES string of the molecule is CCNC(C(CC)CC)C1CSC(C)C(C)S1. The molecule has 102 valence electrons. The molecule has 0 aromatic rings. The summed E-state index contributed by atoms with van der Waals surface area (Å²) in [6, 6.07) is 0.711. The lowest BCUT2D eigenvalue weighted by molar-refractivity contribution is 0.337. The highest BCUT2D eigenvalue weighted by atomic mass is 32.2. The van der Waals surface area contributed by atoms with Crippen molar-refractivity contribution in [3.63, 3.8) is 0 Å². The minimum atomic E-state index is 0.711. The summed E-state index contributed by atoms with van der Waals surface area (Å²) in [7, 11) is 0. The Bertz CT molecular complexity index is 206. The van der Waals surface area contributed by atoms with Crippen molar-refractivity contribution in [3.05, 3.63) is 0 Å². The highest BCUT2D eigenvalue weighted by Gasteiger charge is 2.33. The highest BCUT2D eigenvalue weighted by Crippen LogP contribution is 2.39. The van der Waals surface area contributed by atoms with E-state index in [0.717, 1.165) is 28.2 Å². The summed E-state index contributed by atoms with van der Waals surface area (Å²) in [6.45, 7) is 12.8. The monoisotopic (exact) mass is 275 g/mol. The molecule has 1 aliphatic rings. The first-order valence-electron chi connectivity index (χ1n) is 7.14. The second kappa shape index (κ2) is 7.96. The predicted octanol–water partition coefficient (Wildman–Crippen LogP) is 4.03. The molecule has 1 nitrogen and oxygen atoms in total. The quantitative estimate of drug-likeness (QED) is 0.786. The Balaban J connectivity index is 2.63. The van der Waals surface area contributed by atoms with E-state index in [-0.39, 0.29) is 0 Å². The van der Waals surface area contributed by atoms with Gasteiger partial charge in [0, 0.05) is 27.5 Å². The minimum absolute atomic E-state index is 0.711. The number of hydrogen-bond donors (Lipinski definition) is 1. The predicted molar refractivity (Wildman–Crippen MR) is 84.3 cm³/mol. The molecule has 1 rings (SSSR count). The molecule has 4 unspecified atom stereocenters. The van der Waals surface area contributed by atoms with Crippen molar-refractivity contribution in [2.24, 2.45) is 5.92 Å². The van der Waals surface area contributed by atoms with E-state index in [2.05, 4.69) is 63.5 Å². The lowest BCUT2D eigenvalue weighted by Crippen LogP contribution is -2.47. The molecule has 0 spiro atoms. The van der Waals surface area contributed by atoms with E-state index in [4.69, 9.17) is 0 Å². The van der Waals surface area contributed by atoms with Gasteiger partial charge in [-0.2, -0.15) is 23.5 Å². The van der Waals surface area contributed by atoms with Crippen molar-refractivity contribution in [2.75, 3.05) is 12.3 Å². The van der Waals surface area contributed by atoms with Gasteiger partial charge in [-0.25, -0.2) is 0 Å². The van der Waals surface area contributed by atoms with Gasteiger partial charge in [0.1, 0.15) is 0 Å². The lowest BCUT2D eigenvalue weighted by atomic mass is 9.92. The molecule has 17 heavy (non-hydrogen) atoms. The average Bonchev–Trinajstić information content (AvgIpc) is 2.33. The standard InChI is InChI=1S/C14H29NS2/c1-6-12(7-2)14(15-8-3)13-9-16-10(4)11(5)17-13/h10-15H,6-9H2,1-5H3. The molecule has 1 heterocycles. The molecule has 0 saturated carbocycles. The van der Waals surface area contributed by atoms with Crippen molar-refractivity contribution in [2.45, 2.75) is 69.3 Å². The number of nitrogens with one attached hydrogen (secondary N) is 1. The van der Waals surface area contributed by atoms with Crippen LogP contribution in [0, 0.1) is 5.92 Å². The van der Waals surface area contributed by atoms with Gasteiger partial charge in [0.2, 0.25) is 0 Å². The van der Waals surface area contributed by atoms with Gasteiger partial charge < -0.3 is 5.32 Å². The van der Waals surface area contributed by atoms with Gasteiger partial charge >= 0.3 is 0 Å². The van der Waals surface area contributed by atoms with Gasteiger partial charge in [-0.3, -0.25) is 0 Å². The van der Waals surface area contributed by atoms with E-state index in [0.29, 0.717) is 6.04 Å². The van der Waals surface area contributed by atoms with Gasteiger partial charge in [-0.05, 0) is 12.5 Å². The van der Waals surface area contributed by atoms with E-state index < -0.39 is 0 Å². The van der Waals surface area contributed by atoms with Crippen LogP contribution in [0.15, 0.2) is 0 Å². The molecular weight excluding hydrogens is 246 g/mol. The van der Waals surface area contributed by atoms with Gasteiger partial charge in [0.25, 0.3) is 0 Å². The molecule has 0 bridgehead atoms. The third kappa shape index (κ3) is 4.36. The molecule has 4 atom stereocenters. The second-order valence-corrected chi connectivity index (χ2v) is 8.11. The Hall–Kier alpha value is 0.660. The fourth-order valence-corrected chi connectivity index (χ4v) is 5.84. The van der Waals surface area contributed by atoms with E-state index >= 15 is 0 Å². The molecule has 0 aromatic carbocycles. The van der Waals surface area contributed by atoms with E-state index in [1.807, 2.05) is 0 Å². The Morgan fingerprint density at radius 1 is 1.12 bits per heavy atom. The van der Waals surface area contributed by atoms with E-state index in [9.17, 15) is 0 Å². The molecule has 1 N–H and O–H groups in total. The van der Waals surface area contributed by atoms with E-state index in [1.54, 1.807) is 0 Å². The first kappa shape index (κ1) is 15.7. The third-order valence-electron chi connectivity index (χ3n) is 3.97. The van der Waals surface area contributed by atoms with Crippen molar-refractivity contribution >= 4 is 23.5 Å². The maximum Gasteiger partial charge on any atom is 0.0297 e. The van der Waals surface area contributed by atoms with Crippen LogP contribution in [0.25, 0.3) is 0 Å². The van der Waals surface area contributed by atoms with Crippen molar-refractivity contribution in [3.8, 4) is 0 Å². The smallest absolute Gasteiger partial charge is 0.0297 e. The van der Waals surface area contributed by atoms with Crippen LogP contribution in [-0.4, -0.2) is 34.1 Å². The lowest BCUT2D eigenvalue weighted by Gasteiger charge is -2.39. The Kier molecular flexibility index (Phi) is 7.36. The fraction of sp³-hybridized carbons (Fsp3) is 1.00. The first-order valence-corrected chi connectivity index (χ1v) is 9.13. The molecule has 1 aliphatic heterocycles. The van der Waals surface area contributed by atoms with Crippen LogP contribution in [0.3, 0.4) is 0 Å². The summed E-state index contributed by atoms with van der Waals surface area (Å²) in [6.07, 6.45) is 2.61. The Labute approximate surface area is 116 Å². The van der Waals surface area contributed by atoms with Crippen molar-refractivity contribution in [1.82, 2.24) is 5.32 Å². The third-order valence-corrected chi connectivity index (χ3v) is 7.49.